The third-order valence-corrected chi connectivity index (χ3v) is 2.36. The summed E-state index contributed by atoms with van der Waals surface area (Å²) in [5.41, 5.74) is 0. The SMILES string of the molecule is CCN1CCNC(CC(=O)OC)C1=O. The molecule has 1 saturated heterocycles. The number of carbonyl (C=O) groups is 2. The van der Waals surface area contributed by atoms with Gasteiger partial charge in [-0.2, -0.15) is 0 Å². The first-order valence-electron chi connectivity index (χ1n) is 4.78. The normalized spacial score (nSPS) is 22.3. The Hall–Kier alpha value is -1.10. The zero-order chi connectivity index (χ0) is 10.6. The molecule has 0 aromatic rings. The molecule has 1 fully saturated rings. The van der Waals surface area contributed by atoms with Crippen LogP contribution in [0.1, 0.15) is 13.3 Å². The van der Waals surface area contributed by atoms with Gasteiger partial charge in [-0.05, 0) is 6.92 Å². The Labute approximate surface area is 83.4 Å². The van der Waals surface area contributed by atoms with Gasteiger partial charge in [0, 0.05) is 19.6 Å². The quantitative estimate of drug-likeness (QED) is 0.616. The number of rotatable bonds is 3. The third-order valence-electron chi connectivity index (χ3n) is 2.36. The van der Waals surface area contributed by atoms with Crippen molar-refractivity contribution < 1.29 is 14.3 Å². The zero-order valence-corrected chi connectivity index (χ0v) is 8.58. The first kappa shape index (κ1) is 11.0. The lowest BCUT2D eigenvalue weighted by molar-refractivity contribution is -0.146. The molecule has 14 heavy (non-hydrogen) atoms. The average molecular weight is 200 g/mol. The Morgan fingerprint density at radius 3 is 3.00 bits per heavy atom. The summed E-state index contributed by atoms with van der Waals surface area (Å²) in [5, 5.41) is 3.01. The highest BCUT2D eigenvalue weighted by atomic mass is 16.5. The van der Waals surface area contributed by atoms with Crippen LogP contribution in [0.5, 0.6) is 0 Å². The van der Waals surface area contributed by atoms with Gasteiger partial charge in [0.05, 0.1) is 19.6 Å². The van der Waals surface area contributed by atoms with Crippen molar-refractivity contribution in [3.63, 3.8) is 0 Å². The van der Waals surface area contributed by atoms with Gasteiger partial charge in [-0.1, -0.05) is 0 Å². The molecule has 5 heteroatoms. The van der Waals surface area contributed by atoms with Gasteiger partial charge in [-0.3, -0.25) is 9.59 Å². The second kappa shape index (κ2) is 4.95. The van der Waals surface area contributed by atoms with Crippen LogP contribution in [0.3, 0.4) is 0 Å². The molecule has 0 aromatic heterocycles. The van der Waals surface area contributed by atoms with E-state index in [9.17, 15) is 9.59 Å². The van der Waals surface area contributed by atoms with Crippen LogP contribution in [0.15, 0.2) is 0 Å². The van der Waals surface area contributed by atoms with E-state index in [2.05, 4.69) is 10.1 Å². The number of carbonyl (C=O) groups excluding carboxylic acids is 2. The number of hydrogen-bond acceptors (Lipinski definition) is 4. The van der Waals surface area contributed by atoms with Crippen LogP contribution in [0.4, 0.5) is 0 Å². The molecule has 1 heterocycles. The summed E-state index contributed by atoms with van der Waals surface area (Å²) in [6, 6.07) is -0.406. The summed E-state index contributed by atoms with van der Waals surface area (Å²) in [4.78, 5) is 24.4. The average Bonchev–Trinajstić information content (AvgIpc) is 2.21. The van der Waals surface area contributed by atoms with Crippen molar-refractivity contribution in [1.29, 1.82) is 0 Å². The Morgan fingerprint density at radius 1 is 1.71 bits per heavy atom. The highest BCUT2D eigenvalue weighted by Gasteiger charge is 2.29. The van der Waals surface area contributed by atoms with Crippen LogP contribution in [0.25, 0.3) is 0 Å². The number of hydrogen-bond donors (Lipinski definition) is 1. The maximum absolute atomic E-state index is 11.7. The van der Waals surface area contributed by atoms with Gasteiger partial charge in [0.25, 0.3) is 0 Å². The molecule has 80 valence electrons. The van der Waals surface area contributed by atoms with Gasteiger partial charge < -0.3 is 15.0 Å². The molecule has 1 amide bonds. The van der Waals surface area contributed by atoms with E-state index < -0.39 is 6.04 Å². The number of esters is 1. The second-order valence-corrected chi connectivity index (χ2v) is 3.20. The molecule has 1 aliphatic heterocycles. The van der Waals surface area contributed by atoms with Crippen LogP contribution in [0, 0.1) is 0 Å². The maximum atomic E-state index is 11.7. The molecule has 1 aliphatic rings. The van der Waals surface area contributed by atoms with Crippen molar-refractivity contribution in [1.82, 2.24) is 10.2 Å². The van der Waals surface area contributed by atoms with Crippen molar-refractivity contribution >= 4 is 11.9 Å². The summed E-state index contributed by atoms with van der Waals surface area (Å²) >= 11 is 0. The van der Waals surface area contributed by atoms with Crippen LogP contribution >= 0.6 is 0 Å². The largest absolute Gasteiger partial charge is 0.469 e. The van der Waals surface area contributed by atoms with Crippen LogP contribution < -0.4 is 5.32 Å². The minimum absolute atomic E-state index is 0.0100. The number of nitrogens with zero attached hydrogens (tertiary/aromatic N) is 1. The standard InChI is InChI=1S/C9H16N2O3/c1-3-11-5-4-10-7(9(11)13)6-8(12)14-2/h7,10H,3-6H2,1-2H3. The van der Waals surface area contributed by atoms with Crippen LogP contribution in [0.2, 0.25) is 0 Å². The molecule has 0 aromatic carbocycles. The minimum Gasteiger partial charge on any atom is -0.469 e. The highest BCUT2D eigenvalue weighted by Crippen LogP contribution is 2.05. The molecule has 0 spiro atoms. The molecule has 1 unspecified atom stereocenters. The molecule has 0 radical (unpaired) electrons. The third kappa shape index (κ3) is 2.45. The molecular weight excluding hydrogens is 184 g/mol. The van der Waals surface area contributed by atoms with Gasteiger partial charge in [-0.15, -0.1) is 0 Å². The number of methoxy groups -OCH3 is 1. The van der Waals surface area contributed by atoms with Gasteiger partial charge >= 0.3 is 5.97 Å². The van der Waals surface area contributed by atoms with Gasteiger partial charge in [0.15, 0.2) is 0 Å². The zero-order valence-electron chi connectivity index (χ0n) is 8.58. The Morgan fingerprint density at radius 2 is 2.43 bits per heavy atom. The smallest absolute Gasteiger partial charge is 0.307 e. The molecular formula is C9H16N2O3. The number of nitrogens with one attached hydrogen (secondary N) is 1. The first-order valence-corrected chi connectivity index (χ1v) is 4.78. The fourth-order valence-corrected chi connectivity index (χ4v) is 1.52. The number of amides is 1. The maximum Gasteiger partial charge on any atom is 0.307 e. The lowest BCUT2D eigenvalue weighted by atomic mass is 10.1. The molecule has 1 atom stereocenters. The van der Waals surface area contributed by atoms with E-state index in [0.717, 1.165) is 6.54 Å². The summed E-state index contributed by atoms with van der Waals surface area (Å²) < 4.78 is 4.52. The lowest BCUT2D eigenvalue weighted by Crippen LogP contribution is -2.55. The van der Waals surface area contributed by atoms with E-state index in [1.807, 2.05) is 6.92 Å². The number of piperazine rings is 1. The van der Waals surface area contributed by atoms with E-state index in [-0.39, 0.29) is 18.3 Å². The Balaban J connectivity index is 2.52. The van der Waals surface area contributed by atoms with E-state index in [1.165, 1.54) is 7.11 Å². The van der Waals surface area contributed by atoms with E-state index in [0.29, 0.717) is 13.1 Å². The van der Waals surface area contributed by atoms with Gasteiger partial charge in [-0.25, -0.2) is 0 Å². The van der Waals surface area contributed by atoms with E-state index >= 15 is 0 Å². The highest BCUT2D eigenvalue weighted by molar-refractivity contribution is 5.87. The number of likely N-dealkylation sites (N-methyl/N-ethyl adjacent to an activating group) is 1. The summed E-state index contributed by atoms with van der Waals surface area (Å²) in [6.45, 7) is 4.07. The van der Waals surface area contributed by atoms with E-state index in [4.69, 9.17) is 0 Å². The van der Waals surface area contributed by atoms with Crippen molar-refractivity contribution in [2.45, 2.75) is 19.4 Å². The minimum atomic E-state index is -0.406. The molecule has 5 nitrogen and oxygen atoms in total. The molecule has 1 rings (SSSR count). The number of ether oxygens (including phenoxy) is 1. The summed E-state index contributed by atoms with van der Waals surface area (Å²) in [5.74, 6) is -0.363. The Bertz CT molecular complexity index is 230. The van der Waals surface area contributed by atoms with Crippen molar-refractivity contribution in [2.75, 3.05) is 26.7 Å². The van der Waals surface area contributed by atoms with Crippen molar-refractivity contribution in [2.24, 2.45) is 0 Å². The second-order valence-electron chi connectivity index (χ2n) is 3.20. The van der Waals surface area contributed by atoms with Crippen molar-refractivity contribution in [3.05, 3.63) is 0 Å². The summed E-state index contributed by atoms with van der Waals surface area (Å²) in [6.07, 6.45) is 0.117. The van der Waals surface area contributed by atoms with Crippen LogP contribution in [-0.2, 0) is 14.3 Å². The van der Waals surface area contributed by atoms with Gasteiger partial charge in [0.2, 0.25) is 5.91 Å². The van der Waals surface area contributed by atoms with E-state index in [1.54, 1.807) is 4.90 Å². The van der Waals surface area contributed by atoms with Crippen LogP contribution in [-0.4, -0.2) is 49.6 Å². The monoisotopic (exact) mass is 200 g/mol. The predicted molar refractivity (Wildman–Crippen MR) is 50.7 cm³/mol. The molecule has 0 aliphatic carbocycles. The van der Waals surface area contributed by atoms with Crippen molar-refractivity contribution in [3.8, 4) is 0 Å². The molecule has 0 saturated carbocycles. The topological polar surface area (TPSA) is 58.6 Å². The summed E-state index contributed by atoms with van der Waals surface area (Å²) in [7, 11) is 1.33. The predicted octanol–water partition coefficient (Wildman–Crippen LogP) is -0.630. The van der Waals surface area contributed by atoms with Gasteiger partial charge in [0.1, 0.15) is 0 Å². The lowest BCUT2D eigenvalue weighted by Gasteiger charge is -2.31. The fourth-order valence-electron chi connectivity index (χ4n) is 1.52. The molecule has 1 N–H and O–H groups in total. The fraction of sp³-hybridized carbons (Fsp3) is 0.778. The molecule has 0 bridgehead atoms. The first-order chi connectivity index (χ1) is 6.69. The Kier molecular flexibility index (Phi) is 3.88.